The average molecular weight is 455 g/mol. The zero-order valence-electron chi connectivity index (χ0n) is 20.1. The van der Waals surface area contributed by atoms with Gasteiger partial charge in [0.1, 0.15) is 11.9 Å². The number of nitrogens with one attached hydrogen (secondary N) is 1. The molecule has 2 unspecified atom stereocenters. The van der Waals surface area contributed by atoms with Crippen molar-refractivity contribution in [1.82, 2.24) is 9.55 Å². The maximum atomic E-state index is 12.4. The van der Waals surface area contributed by atoms with Gasteiger partial charge in [-0.05, 0) is 42.3 Å². The fourth-order valence-electron chi connectivity index (χ4n) is 2.53. The van der Waals surface area contributed by atoms with Crippen molar-refractivity contribution < 1.29 is 13.6 Å². The van der Waals surface area contributed by atoms with E-state index >= 15 is 0 Å². The van der Waals surface area contributed by atoms with Crippen molar-refractivity contribution >= 4 is 16.6 Å². The maximum Gasteiger partial charge on any atom is 0.331 e. The van der Waals surface area contributed by atoms with Crippen molar-refractivity contribution in [3.8, 4) is 0 Å². The lowest BCUT2D eigenvalue weighted by atomic mass is 10.2. The minimum Gasteiger partial charge on any atom is -0.469 e. The van der Waals surface area contributed by atoms with Gasteiger partial charge in [0, 0.05) is 12.3 Å². The molecule has 2 atom stereocenters. The molecular weight excluding hydrogens is 416 g/mol. The molecule has 0 aliphatic carbocycles. The minimum absolute atomic E-state index is 0.00173. The summed E-state index contributed by atoms with van der Waals surface area (Å²) in [6.45, 7) is 22.1. The van der Waals surface area contributed by atoms with Crippen LogP contribution < -0.4 is 11.2 Å². The van der Waals surface area contributed by atoms with Gasteiger partial charge < -0.3 is 13.6 Å². The third-order valence-electron chi connectivity index (χ3n) is 6.65. The summed E-state index contributed by atoms with van der Waals surface area (Å²) in [7, 11) is -4.10. The lowest BCUT2D eigenvalue weighted by Gasteiger charge is -2.39. The third-order valence-corrected chi connectivity index (χ3v) is 15.6. The number of rotatable bonds is 6. The number of aromatic nitrogens is 2. The van der Waals surface area contributed by atoms with E-state index in [9.17, 15) is 9.59 Å². The summed E-state index contributed by atoms with van der Waals surface area (Å²) in [5.41, 5.74) is -0.957. The predicted molar refractivity (Wildman–Crippen MR) is 125 cm³/mol. The standard InChI is InChI=1S/C21H38N2O5Si2/c1-20(2,3)29(7,8)26-14-15-13-16(28-30(9,10)21(4,5)6)18(27-15)23-12-11-17(24)22-19(23)25/h11-13,16,18H,14H2,1-10H3,(H,22,24,25). The minimum atomic E-state index is -2.14. The molecule has 0 spiro atoms. The molecule has 0 radical (unpaired) electrons. The molecule has 170 valence electrons. The molecule has 1 N–H and O–H groups in total. The Morgan fingerprint density at radius 2 is 1.60 bits per heavy atom. The highest BCUT2D eigenvalue weighted by Gasteiger charge is 2.44. The molecule has 30 heavy (non-hydrogen) atoms. The van der Waals surface area contributed by atoms with E-state index in [4.69, 9.17) is 13.6 Å². The Bertz CT molecular complexity index is 903. The monoisotopic (exact) mass is 454 g/mol. The van der Waals surface area contributed by atoms with Crippen LogP contribution in [-0.2, 0) is 13.6 Å². The van der Waals surface area contributed by atoms with Gasteiger partial charge in [0.2, 0.25) is 6.23 Å². The summed E-state index contributed by atoms with van der Waals surface area (Å²) >= 11 is 0. The SMILES string of the molecule is CC(C)(C)[Si](C)(C)OCC1=CC(O[Si](C)(C)C(C)(C)C)C(n2ccc(=O)[nH]c2=O)O1. The summed E-state index contributed by atoms with van der Waals surface area (Å²) in [5, 5.41) is 0.0835. The zero-order valence-corrected chi connectivity index (χ0v) is 22.1. The van der Waals surface area contributed by atoms with Crippen LogP contribution in [0.5, 0.6) is 0 Å². The molecule has 0 aromatic carbocycles. The molecule has 0 fully saturated rings. The second-order valence-electron chi connectivity index (χ2n) is 11.1. The van der Waals surface area contributed by atoms with Gasteiger partial charge in [0.25, 0.3) is 5.56 Å². The van der Waals surface area contributed by atoms with Crippen molar-refractivity contribution in [2.75, 3.05) is 6.61 Å². The van der Waals surface area contributed by atoms with Gasteiger partial charge in [-0.15, -0.1) is 0 Å². The average Bonchev–Trinajstić information content (AvgIpc) is 2.93. The topological polar surface area (TPSA) is 82.5 Å². The number of nitrogens with zero attached hydrogens (tertiary/aromatic N) is 1. The van der Waals surface area contributed by atoms with Crippen LogP contribution in [0.4, 0.5) is 0 Å². The quantitative estimate of drug-likeness (QED) is 0.646. The van der Waals surface area contributed by atoms with Gasteiger partial charge in [-0.25, -0.2) is 4.79 Å². The molecule has 0 bridgehead atoms. The second kappa shape index (κ2) is 8.25. The molecule has 1 aromatic heterocycles. The summed E-state index contributed by atoms with van der Waals surface area (Å²) in [6.07, 6.45) is 2.27. The number of aromatic amines is 1. The molecule has 1 aliphatic rings. The van der Waals surface area contributed by atoms with E-state index < -0.39 is 40.2 Å². The summed E-state index contributed by atoms with van der Waals surface area (Å²) in [4.78, 5) is 26.2. The molecular formula is C21H38N2O5Si2. The first-order valence-electron chi connectivity index (χ1n) is 10.5. The number of ether oxygens (including phenoxy) is 1. The maximum absolute atomic E-state index is 12.4. The van der Waals surface area contributed by atoms with Gasteiger partial charge >= 0.3 is 5.69 Å². The van der Waals surface area contributed by atoms with Gasteiger partial charge in [-0.3, -0.25) is 14.3 Å². The van der Waals surface area contributed by atoms with E-state index in [1.165, 1.54) is 16.8 Å². The Hall–Kier alpha value is -1.43. The molecule has 1 aromatic rings. The van der Waals surface area contributed by atoms with Crippen LogP contribution in [0.15, 0.2) is 33.7 Å². The molecule has 1 aliphatic heterocycles. The number of hydrogen-bond donors (Lipinski definition) is 1. The van der Waals surface area contributed by atoms with Gasteiger partial charge in [0.05, 0.1) is 6.61 Å². The van der Waals surface area contributed by atoms with Crippen molar-refractivity contribution in [1.29, 1.82) is 0 Å². The highest BCUT2D eigenvalue weighted by Crippen LogP contribution is 2.41. The van der Waals surface area contributed by atoms with Crippen LogP contribution in [0.3, 0.4) is 0 Å². The zero-order chi connectivity index (χ0) is 23.1. The van der Waals surface area contributed by atoms with Crippen molar-refractivity contribution in [2.24, 2.45) is 0 Å². The normalized spacial score (nSPS) is 20.8. The fraction of sp³-hybridized carbons (Fsp3) is 0.714. The van der Waals surface area contributed by atoms with Crippen LogP contribution >= 0.6 is 0 Å². The number of hydrogen-bond acceptors (Lipinski definition) is 5. The molecule has 7 nitrogen and oxygen atoms in total. The van der Waals surface area contributed by atoms with Crippen LogP contribution in [0.2, 0.25) is 36.3 Å². The third kappa shape index (κ3) is 5.43. The van der Waals surface area contributed by atoms with Gasteiger partial charge in [-0.2, -0.15) is 0 Å². The van der Waals surface area contributed by atoms with Crippen LogP contribution in [-0.4, -0.2) is 38.9 Å². The Morgan fingerprint density at radius 3 is 2.10 bits per heavy atom. The van der Waals surface area contributed by atoms with E-state index in [1.54, 1.807) is 0 Å². The van der Waals surface area contributed by atoms with Crippen molar-refractivity contribution in [3.05, 3.63) is 44.9 Å². The first-order chi connectivity index (χ1) is 13.4. The van der Waals surface area contributed by atoms with E-state index in [0.29, 0.717) is 12.4 Å². The van der Waals surface area contributed by atoms with E-state index in [1.807, 2.05) is 6.08 Å². The van der Waals surface area contributed by atoms with Crippen molar-refractivity contribution in [2.45, 2.75) is 90.1 Å². The van der Waals surface area contributed by atoms with E-state index in [2.05, 4.69) is 72.7 Å². The van der Waals surface area contributed by atoms with Crippen LogP contribution in [0.1, 0.15) is 47.8 Å². The summed E-state index contributed by atoms with van der Waals surface area (Å²) in [6, 6.07) is 1.32. The fourth-order valence-corrected chi connectivity index (χ4v) is 4.68. The van der Waals surface area contributed by atoms with Crippen LogP contribution in [0, 0.1) is 0 Å². The van der Waals surface area contributed by atoms with Crippen LogP contribution in [0.25, 0.3) is 0 Å². The molecule has 2 rings (SSSR count). The molecule has 2 heterocycles. The second-order valence-corrected chi connectivity index (χ2v) is 20.6. The van der Waals surface area contributed by atoms with Gasteiger partial charge in [-0.1, -0.05) is 41.5 Å². The van der Waals surface area contributed by atoms with E-state index in [-0.39, 0.29) is 10.1 Å². The molecule has 0 amide bonds. The number of H-pyrrole nitrogens is 1. The van der Waals surface area contributed by atoms with Gasteiger partial charge in [0.15, 0.2) is 16.6 Å². The Labute approximate surface area is 181 Å². The molecule has 0 saturated carbocycles. The molecule has 9 heteroatoms. The lowest BCUT2D eigenvalue weighted by Crippen LogP contribution is -2.46. The first kappa shape index (κ1) is 24.8. The predicted octanol–water partition coefficient (Wildman–Crippen LogP) is 4.36. The Morgan fingerprint density at radius 1 is 1.03 bits per heavy atom. The largest absolute Gasteiger partial charge is 0.469 e. The summed E-state index contributed by atoms with van der Waals surface area (Å²) < 4.78 is 20.4. The Kier molecular flexibility index (Phi) is 6.83. The smallest absolute Gasteiger partial charge is 0.331 e. The Balaban J connectivity index is 2.33. The molecule has 0 saturated heterocycles. The van der Waals surface area contributed by atoms with Crippen molar-refractivity contribution in [3.63, 3.8) is 0 Å². The van der Waals surface area contributed by atoms with E-state index in [0.717, 1.165) is 0 Å². The highest BCUT2D eigenvalue weighted by molar-refractivity contribution is 6.74. The summed E-state index contributed by atoms with van der Waals surface area (Å²) in [5.74, 6) is 0.659. The highest BCUT2D eigenvalue weighted by atomic mass is 28.4. The first-order valence-corrected chi connectivity index (χ1v) is 16.3. The lowest BCUT2D eigenvalue weighted by molar-refractivity contribution is -0.00485.